The number of ether oxygens (including phenoxy) is 2. The molecule has 214 valence electrons. The van der Waals surface area contributed by atoms with E-state index in [9.17, 15) is 26.4 Å². The van der Waals surface area contributed by atoms with Crippen LogP contribution in [0.15, 0.2) is 65.7 Å². The van der Waals surface area contributed by atoms with Crippen LogP contribution in [-0.2, 0) is 22.6 Å². The van der Waals surface area contributed by atoms with Crippen LogP contribution in [0, 0.1) is 0 Å². The van der Waals surface area contributed by atoms with Crippen molar-refractivity contribution in [1.82, 2.24) is 14.6 Å². The van der Waals surface area contributed by atoms with Gasteiger partial charge in [0.25, 0.3) is 5.91 Å². The van der Waals surface area contributed by atoms with Gasteiger partial charge in [-0.2, -0.15) is 17.5 Å². The summed E-state index contributed by atoms with van der Waals surface area (Å²) in [6.45, 7) is 1.04. The summed E-state index contributed by atoms with van der Waals surface area (Å²) in [7, 11) is -0.872. The predicted molar refractivity (Wildman–Crippen MR) is 142 cm³/mol. The third-order valence-corrected chi connectivity index (χ3v) is 8.45. The van der Waals surface area contributed by atoms with E-state index in [-0.39, 0.29) is 37.0 Å². The lowest BCUT2D eigenvalue weighted by Gasteiger charge is -2.35. The zero-order valence-corrected chi connectivity index (χ0v) is 22.8. The second-order valence-corrected chi connectivity index (χ2v) is 10.9. The van der Waals surface area contributed by atoms with Crippen molar-refractivity contribution in [3.05, 3.63) is 77.5 Å². The highest BCUT2D eigenvalue weighted by Gasteiger charge is 2.33. The molecule has 1 fully saturated rings. The molecule has 4 rings (SSSR count). The number of alkyl halides is 3. The quantitative estimate of drug-likeness (QED) is 0.414. The fourth-order valence-corrected chi connectivity index (χ4v) is 5.81. The summed E-state index contributed by atoms with van der Waals surface area (Å²) in [6.07, 6.45) is -2.44. The molecule has 9 nitrogen and oxygen atoms in total. The average Bonchev–Trinajstić information content (AvgIpc) is 2.96. The average molecular weight is 579 g/mol. The molecule has 0 bridgehead atoms. The predicted octanol–water partition coefficient (Wildman–Crippen LogP) is 3.60. The first-order valence-corrected chi connectivity index (χ1v) is 13.8. The molecule has 2 aromatic carbocycles. The zero-order chi connectivity index (χ0) is 28.9. The van der Waals surface area contributed by atoms with E-state index in [1.165, 1.54) is 4.31 Å². The van der Waals surface area contributed by atoms with E-state index >= 15 is 0 Å². The molecule has 0 atom stereocenters. The van der Waals surface area contributed by atoms with Gasteiger partial charge in [-0.1, -0.05) is 6.07 Å². The molecule has 3 aromatic rings. The minimum absolute atomic E-state index is 0.0836. The van der Waals surface area contributed by atoms with Crippen LogP contribution in [0.5, 0.6) is 11.5 Å². The molecule has 1 amide bonds. The number of pyridine rings is 1. The second kappa shape index (κ2) is 12.1. The van der Waals surface area contributed by atoms with Gasteiger partial charge in [0.05, 0.1) is 30.2 Å². The van der Waals surface area contributed by atoms with Crippen LogP contribution in [0.2, 0.25) is 0 Å². The minimum Gasteiger partial charge on any atom is -0.493 e. The SMILES string of the molecule is COc1ccc(CCNC(=O)c2cccnc2N2CCN(S(=O)(=O)c3ccc(C(F)(F)F)cc3)CC2)cc1OC. The molecular weight excluding hydrogens is 549 g/mol. The van der Waals surface area contributed by atoms with Crippen LogP contribution in [-0.4, -0.2) is 70.6 Å². The van der Waals surface area contributed by atoms with Gasteiger partial charge in [-0.05, 0) is 60.5 Å². The number of piperazine rings is 1. The van der Waals surface area contributed by atoms with Crippen LogP contribution in [0.3, 0.4) is 0 Å². The first-order chi connectivity index (χ1) is 19.0. The Labute approximate surface area is 230 Å². The number of benzene rings is 2. The lowest BCUT2D eigenvalue weighted by Crippen LogP contribution is -2.49. The Hall–Kier alpha value is -3.84. The molecule has 0 saturated carbocycles. The molecular formula is C27H29F3N4O5S. The second-order valence-electron chi connectivity index (χ2n) is 8.98. The zero-order valence-electron chi connectivity index (χ0n) is 21.9. The van der Waals surface area contributed by atoms with E-state index in [4.69, 9.17) is 9.47 Å². The van der Waals surface area contributed by atoms with E-state index in [2.05, 4.69) is 10.3 Å². The Morgan fingerprint density at radius 1 is 0.975 bits per heavy atom. The van der Waals surface area contributed by atoms with Gasteiger partial charge >= 0.3 is 6.18 Å². The van der Waals surface area contributed by atoms with Crippen molar-refractivity contribution < 1.29 is 35.9 Å². The third-order valence-electron chi connectivity index (χ3n) is 6.54. The van der Waals surface area contributed by atoms with Crippen molar-refractivity contribution in [3.63, 3.8) is 0 Å². The number of carbonyl (C=O) groups excluding carboxylic acids is 1. The number of nitrogens with zero attached hydrogens (tertiary/aromatic N) is 3. The number of aromatic nitrogens is 1. The fourth-order valence-electron chi connectivity index (χ4n) is 4.38. The molecule has 1 saturated heterocycles. The largest absolute Gasteiger partial charge is 0.493 e. The van der Waals surface area contributed by atoms with Crippen LogP contribution < -0.4 is 19.7 Å². The molecule has 2 heterocycles. The Morgan fingerprint density at radius 3 is 2.27 bits per heavy atom. The Bertz CT molecular complexity index is 1440. The van der Waals surface area contributed by atoms with Crippen molar-refractivity contribution in [2.45, 2.75) is 17.5 Å². The summed E-state index contributed by atoms with van der Waals surface area (Å²) in [5, 5.41) is 2.90. The topological polar surface area (TPSA) is 101 Å². The summed E-state index contributed by atoms with van der Waals surface area (Å²) in [5.41, 5.74) is 0.393. The number of hydrogen-bond acceptors (Lipinski definition) is 7. The number of sulfonamides is 1. The molecule has 1 aliphatic rings. The molecule has 1 aromatic heterocycles. The van der Waals surface area contributed by atoms with Gasteiger partial charge in [0.2, 0.25) is 10.0 Å². The van der Waals surface area contributed by atoms with E-state index in [1.807, 2.05) is 17.0 Å². The first-order valence-electron chi connectivity index (χ1n) is 12.4. The monoisotopic (exact) mass is 578 g/mol. The van der Waals surface area contributed by atoms with Crippen LogP contribution in [0.25, 0.3) is 0 Å². The van der Waals surface area contributed by atoms with Gasteiger partial charge in [-0.3, -0.25) is 4.79 Å². The van der Waals surface area contributed by atoms with Gasteiger partial charge in [0.15, 0.2) is 11.5 Å². The fraction of sp³-hybridized carbons (Fsp3) is 0.333. The number of halogens is 3. The molecule has 40 heavy (non-hydrogen) atoms. The van der Waals surface area contributed by atoms with Crippen LogP contribution in [0.4, 0.5) is 19.0 Å². The number of hydrogen-bond donors (Lipinski definition) is 1. The van der Waals surface area contributed by atoms with Crippen LogP contribution >= 0.6 is 0 Å². The highest BCUT2D eigenvalue weighted by atomic mass is 32.2. The normalized spacial score (nSPS) is 14.6. The first kappa shape index (κ1) is 29.2. The number of methoxy groups -OCH3 is 2. The van der Waals surface area contributed by atoms with E-state index in [0.717, 1.165) is 29.8 Å². The van der Waals surface area contributed by atoms with Gasteiger partial charge in [-0.25, -0.2) is 13.4 Å². The molecule has 0 aliphatic carbocycles. The summed E-state index contributed by atoms with van der Waals surface area (Å²) in [6, 6.07) is 12.3. The molecule has 1 N–H and O–H groups in total. The van der Waals surface area contributed by atoms with Crippen LogP contribution in [0.1, 0.15) is 21.5 Å². The van der Waals surface area contributed by atoms with E-state index in [0.29, 0.717) is 35.8 Å². The van der Waals surface area contributed by atoms with Crippen molar-refractivity contribution in [1.29, 1.82) is 0 Å². The highest BCUT2D eigenvalue weighted by molar-refractivity contribution is 7.89. The highest BCUT2D eigenvalue weighted by Crippen LogP contribution is 2.31. The third kappa shape index (κ3) is 6.48. The van der Waals surface area contributed by atoms with Gasteiger partial charge < -0.3 is 19.7 Å². The number of carbonyl (C=O) groups is 1. The van der Waals surface area contributed by atoms with Gasteiger partial charge in [-0.15, -0.1) is 0 Å². The molecule has 13 heteroatoms. The summed E-state index contributed by atoms with van der Waals surface area (Å²) in [4.78, 5) is 19.0. The summed E-state index contributed by atoms with van der Waals surface area (Å²) < 4.78 is 76.4. The van der Waals surface area contributed by atoms with Crippen molar-refractivity contribution in [2.75, 3.05) is 51.8 Å². The smallest absolute Gasteiger partial charge is 0.416 e. The number of rotatable bonds is 9. The minimum atomic E-state index is -4.55. The molecule has 0 radical (unpaired) electrons. The Kier molecular flexibility index (Phi) is 8.84. The molecule has 0 unspecified atom stereocenters. The Balaban J connectivity index is 1.38. The van der Waals surface area contributed by atoms with Crippen molar-refractivity contribution in [2.24, 2.45) is 0 Å². The van der Waals surface area contributed by atoms with Gasteiger partial charge in [0, 0.05) is 38.9 Å². The number of nitrogens with one attached hydrogen (secondary N) is 1. The van der Waals surface area contributed by atoms with Crippen molar-refractivity contribution >= 4 is 21.7 Å². The number of amides is 1. The molecule has 1 aliphatic heterocycles. The summed E-state index contributed by atoms with van der Waals surface area (Å²) >= 11 is 0. The van der Waals surface area contributed by atoms with Crippen molar-refractivity contribution in [3.8, 4) is 11.5 Å². The maximum absolute atomic E-state index is 13.0. The van der Waals surface area contributed by atoms with E-state index < -0.39 is 21.8 Å². The maximum Gasteiger partial charge on any atom is 0.416 e. The lowest BCUT2D eigenvalue weighted by molar-refractivity contribution is -0.137. The van der Waals surface area contributed by atoms with Gasteiger partial charge in [0.1, 0.15) is 5.82 Å². The standard InChI is InChI=1S/C27H29F3N4O5S/c1-38-23-10-5-19(18-24(23)39-2)11-13-32-26(35)22-4-3-12-31-25(22)33-14-16-34(17-15-33)40(36,37)21-8-6-20(7-9-21)27(28,29)30/h3-10,12,18H,11,13-17H2,1-2H3,(H,32,35). The van der Waals surface area contributed by atoms with E-state index in [1.54, 1.807) is 38.6 Å². The molecule has 0 spiro atoms. The lowest BCUT2D eigenvalue weighted by atomic mass is 10.1. The Morgan fingerprint density at radius 2 is 1.65 bits per heavy atom. The maximum atomic E-state index is 13.0. The summed E-state index contributed by atoms with van der Waals surface area (Å²) in [5.74, 6) is 1.32. The number of anilines is 1.